The first-order chi connectivity index (χ1) is 26.8. The van der Waals surface area contributed by atoms with E-state index in [9.17, 15) is 19.5 Å². The topological polar surface area (TPSA) is 106 Å². The third-order valence-corrected chi connectivity index (χ3v) is 12.4. The van der Waals surface area contributed by atoms with Crippen molar-refractivity contribution in [2.24, 2.45) is 5.92 Å². The highest BCUT2D eigenvalue weighted by Crippen LogP contribution is 2.47. The normalized spacial score (nSPS) is 23.3. The van der Waals surface area contributed by atoms with Gasteiger partial charge in [-0.2, -0.15) is 0 Å². The summed E-state index contributed by atoms with van der Waals surface area (Å²) in [6.45, 7) is 7.18. The number of fused-ring (bicyclic) bond motifs is 2. The number of rotatable bonds is 7. The molecule has 3 fully saturated rings. The molecule has 0 aromatic heterocycles. The number of nitrogens with one attached hydrogen (secondary N) is 1. The van der Waals surface area contributed by atoms with Crippen molar-refractivity contribution < 1.29 is 28.6 Å². The van der Waals surface area contributed by atoms with Crippen LogP contribution < -0.4 is 19.9 Å². The molecule has 5 heterocycles. The second kappa shape index (κ2) is 14.7. The first-order valence-electron chi connectivity index (χ1n) is 19.6. The highest BCUT2D eigenvalue weighted by Gasteiger charge is 2.40. The average molecular weight is 744 g/mol. The number of nitrogens with zero attached hydrogens (tertiary/aromatic N) is 4. The molecule has 0 bridgehead atoms. The van der Waals surface area contributed by atoms with Crippen molar-refractivity contribution in [3.63, 3.8) is 0 Å². The number of aromatic hydroxyl groups is 1. The lowest BCUT2D eigenvalue weighted by Crippen LogP contribution is -2.52. The Labute approximate surface area is 320 Å². The third kappa shape index (κ3) is 6.90. The predicted molar refractivity (Wildman–Crippen MR) is 207 cm³/mol. The van der Waals surface area contributed by atoms with Gasteiger partial charge in [0.2, 0.25) is 11.8 Å². The smallest absolute Gasteiger partial charge is 0.255 e. The van der Waals surface area contributed by atoms with E-state index >= 15 is 4.39 Å². The molecule has 284 valence electrons. The summed E-state index contributed by atoms with van der Waals surface area (Å²) in [6, 6.07) is 26.6. The molecule has 0 spiro atoms. The number of amides is 3. The largest absolute Gasteiger partial charge is 0.508 e. The fourth-order valence-corrected chi connectivity index (χ4v) is 9.44. The lowest BCUT2D eigenvalue weighted by molar-refractivity contribution is -0.136. The van der Waals surface area contributed by atoms with Gasteiger partial charge >= 0.3 is 0 Å². The third-order valence-electron chi connectivity index (χ3n) is 12.4. The fourth-order valence-electron chi connectivity index (χ4n) is 9.44. The first-order valence-corrected chi connectivity index (χ1v) is 19.6. The lowest BCUT2D eigenvalue weighted by atomic mass is 9.76. The van der Waals surface area contributed by atoms with Crippen LogP contribution in [0.2, 0.25) is 0 Å². The average Bonchev–Trinajstić information content (AvgIpc) is 3.53. The Hall–Kier alpha value is -5.42. The summed E-state index contributed by atoms with van der Waals surface area (Å²) >= 11 is 0. The van der Waals surface area contributed by atoms with Gasteiger partial charge in [0.15, 0.2) is 0 Å². The van der Waals surface area contributed by atoms with Gasteiger partial charge in [-0.25, -0.2) is 4.39 Å². The number of ether oxygens (including phenoxy) is 1. The number of benzene rings is 4. The fraction of sp³-hybridized carbons (Fsp3) is 0.386. The van der Waals surface area contributed by atoms with Gasteiger partial charge in [0.25, 0.3) is 5.91 Å². The molecule has 0 saturated carbocycles. The molecule has 3 amide bonds. The van der Waals surface area contributed by atoms with Crippen LogP contribution in [0.15, 0.2) is 84.9 Å². The highest BCUT2D eigenvalue weighted by molar-refractivity contribution is 6.05. The molecule has 3 atom stereocenters. The summed E-state index contributed by atoms with van der Waals surface area (Å²) in [5.74, 6) is 0.232. The number of carbonyl (C=O) groups excluding carboxylic acids is 3. The number of anilines is 2. The second-order valence-electron chi connectivity index (χ2n) is 15.7. The van der Waals surface area contributed by atoms with Gasteiger partial charge in [-0.1, -0.05) is 42.5 Å². The quantitative estimate of drug-likeness (QED) is 0.235. The molecule has 0 aliphatic carbocycles. The van der Waals surface area contributed by atoms with E-state index in [1.165, 1.54) is 0 Å². The van der Waals surface area contributed by atoms with E-state index in [-0.39, 0.29) is 47.5 Å². The number of piperazine rings is 1. The van der Waals surface area contributed by atoms with Crippen LogP contribution in [0, 0.1) is 11.7 Å². The number of imide groups is 1. The molecule has 2 N–H and O–H groups in total. The standard InChI is InChI=1S/C44H46FN5O5/c45-37-23-30(42-35-10-8-33(51)24-40(35)55-27-36(42)29-4-2-1-3-5-29)6-11-38(37)49-16-14-28(15-17-49)25-47-18-20-48(21-19-47)32-7-9-34-31(22-32)26-50(44(34)54)39-12-13-41(52)46-43(39)53/h1-11,22-24,28,36,39,42,51H,12-21,25-27H2,(H,46,52,53)/t36?,39-,42?/m0/s1. The van der Waals surface area contributed by atoms with Gasteiger partial charge in [-0.3, -0.25) is 24.6 Å². The monoisotopic (exact) mass is 743 g/mol. The summed E-state index contributed by atoms with van der Waals surface area (Å²) in [6.07, 6.45) is 2.63. The minimum Gasteiger partial charge on any atom is -0.508 e. The maximum absolute atomic E-state index is 16.1. The van der Waals surface area contributed by atoms with Crippen molar-refractivity contribution >= 4 is 29.1 Å². The van der Waals surface area contributed by atoms with Gasteiger partial charge in [0.05, 0.1) is 12.3 Å². The van der Waals surface area contributed by atoms with Crippen molar-refractivity contribution in [2.75, 3.05) is 62.2 Å². The molecule has 4 aromatic carbocycles. The molecule has 5 aliphatic rings. The Kier molecular flexibility index (Phi) is 9.41. The molecule has 10 nitrogen and oxygen atoms in total. The van der Waals surface area contributed by atoms with E-state index in [0.29, 0.717) is 42.5 Å². The Morgan fingerprint density at radius 2 is 1.60 bits per heavy atom. The van der Waals surface area contributed by atoms with Crippen LogP contribution in [0.1, 0.15) is 70.1 Å². The molecule has 5 aliphatic heterocycles. The number of phenols is 1. The number of hydrogen-bond donors (Lipinski definition) is 2. The van der Waals surface area contributed by atoms with Gasteiger partial charge in [-0.05, 0) is 78.3 Å². The Balaban J connectivity index is 0.795. The molecular formula is C44H46FN5O5. The summed E-state index contributed by atoms with van der Waals surface area (Å²) in [5.41, 5.74) is 6.31. The van der Waals surface area contributed by atoms with E-state index in [1.54, 1.807) is 23.1 Å². The SMILES string of the molecule is O=C1CC[C@H](N2Cc3cc(N4CCN(CC5CCN(c6ccc(C7c8ccc(O)cc8OCC7c7ccccc7)cc6F)CC5)CC4)ccc3C2=O)C(=O)N1. The molecule has 0 radical (unpaired) electrons. The summed E-state index contributed by atoms with van der Waals surface area (Å²) < 4.78 is 22.2. The number of halogens is 1. The van der Waals surface area contributed by atoms with Crippen LogP contribution in [0.5, 0.6) is 11.5 Å². The predicted octanol–water partition coefficient (Wildman–Crippen LogP) is 5.64. The maximum atomic E-state index is 16.1. The highest BCUT2D eigenvalue weighted by atomic mass is 19.1. The molecule has 55 heavy (non-hydrogen) atoms. The van der Waals surface area contributed by atoms with Gasteiger partial charge in [0.1, 0.15) is 23.4 Å². The van der Waals surface area contributed by atoms with Crippen LogP contribution in [-0.2, 0) is 16.1 Å². The van der Waals surface area contributed by atoms with Crippen molar-refractivity contribution in [2.45, 2.75) is 50.1 Å². The van der Waals surface area contributed by atoms with Crippen LogP contribution in [0.25, 0.3) is 0 Å². The Morgan fingerprint density at radius 1 is 0.800 bits per heavy atom. The molecule has 4 aromatic rings. The van der Waals surface area contributed by atoms with E-state index in [1.807, 2.05) is 42.5 Å². The van der Waals surface area contributed by atoms with E-state index < -0.39 is 6.04 Å². The zero-order valence-corrected chi connectivity index (χ0v) is 30.8. The second-order valence-corrected chi connectivity index (χ2v) is 15.7. The minimum absolute atomic E-state index is 0.0120. The first kappa shape index (κ1) is 35.3. The van der Waals surface area contributed by atoms with Crippen molar-refractivity contribution in [1.82, 2.24) is 15.1 Å². The number of phenolic OH excluding ortho intramolecular Hbond substituents is 1. The summed E-state index contributed by atoms with van der Waals surface area (Å²) in [4.78, 5) is 45.9. The Morgan fingerprint density at radius 3 is 2.36 bits per heavy atom. The van der Waals surface area contributed by atoms with E-state index in [2.05, 4.69) is 44.3 Å². The summed E-state index contributed by atoms with van der Waals surface area (Å²) in [5, 5.41) is 12.5. The van der Waals surface area contributed by atoms with E-state index in [0.717, 1.165) is 86.6 Å². The molecular weight excluding hydrogens is 698 g/mol. The Bertz CT molecular complexity index is 2110. The van der Waals surface area contributed by atoms with Gasteiger partial charge in [-0.15, -0.1) is 0 Å². The molecule has 11 heteroatoms. The van der Waals surface area contributed by atoms with Gasteiger partial charge < -0.3 is 24.5 Å². The van der Waals surface area contributed by atoms with Crippen LogP contribution in [0.3, 0.4) is 0 Å². The molecule has 9 rings (SSSR count). The lowest BCUT2D eigenvalue weighted by Gasteiger charge is -2.40. The summed E-state index contributed by atoms with van der Waals surface area (Å²) in [7, 11) is 0. The van der Waals surface area contributed by atoms with Gasteiger partial charge in [0, 0.05) is 93.5 Å². The van der Waals surface area contributed by atoms with Crippen molar-refractivity contribution in [3.05, 3.63) is 119 Å². The van der Waals surface area contributed by atoms with Crippen LogP contribution in [-0.4, -0.2) is 91.1 Å². The maximum Gasteiger partial charge on any atom is 0.255 e. The zero-order valence-electron chi connectivity index (χ0n) is 30.8. The van der Waals surface area contributed by atoms with Crippen molar-refractivity contribution in [1.29, 1.82) is 0 Å². The molecule has 3 saturated heterocycles. The number of hydrogen-bond acceptors (Lipinski definition) is 8. The minimum atomic E-state index is -0.609. The number of carbonyl (C=O) groups is 3. The zero-order chi connectivity index (χ0) is 37.6. The van der Waals surface area contributed by atoms with E-state index in [4.69, 9.17) is 4.74 Å². The van der Waals surface area contributed by atoms with Crippen LogP contribution >= 0.6 is 0 Å². The van der Waals surface area contributed by atoms with Crippen molar-refractivity contribution in [3.8, 4) is 11.5 Å². The molecule has 2 unspecified atom stereocenters. The van der Waals surface area contributed by atoms with Crippen LogP contribution in [0.4, 0.5) is 15.8 Å². The number of piperidine rings is 2.